The van der Waals surface area contributed by atoms with Crippen LogP contribution in [-0.4, -0.2) is 31.5 Å². The summed E-state index contributed by atoms with van der Waals surface area (Å²) in [5, 5.41) is 5.87. The Balaban J connectivity index is 1.84. The van der Waals surface area contributed by atoms with Crippen LogP contribution in [0.15, 0.2) is 30.5 Å². The van der Waals surface area contributed by atoms with Gasteiger partial charge in [0.05, 0.1) is 5.69 Å². The van der Waals surface area contributed by atoms with Gasteiger partial charge in [-0.2, -0.15) is 0 Å². The van der Waals surface area contributed by atoms with E-state index < -0.39 is 0 Å². The summed E-state index contributed by atoms with van der Waals surface area (Å²) < 4.78 is 14.6. The summed E-state index contributed by atoms with van der Waals surface area (Å²) in [6, 6.07) is 6.77. The van der Waals surface area contributed by atoms with Crippen molar-refractivity contribution in [3.05, 3.63) is 53.0 Å². The summed E-state index contributed by atoms with van der Waals surface area (Å²) >= 11 is 0. The molecule has 120 valence electrons. The molecule has 0 bridgehead atoms. The Morgan fingerprint density at radius 2 is 2.17 bits per heavy atom. The van der Waals surface area contributed by atoms with E-state index in [2.05, 4.69) is 15.6 Å². The summed E-state index contributed by atoms with van der Waals surface area (Å²) in [5.41, 5.74) is 2.30. The number of hydrogen-bond donors (Lipinski definition) is 2. The molecule has 0 fully saturated rings. The van der Waals surface area contributed by atoms with E-state index in [0.717, 1.165) is 12.1 Å². The third-order valence-electron chi connectivity index (χ3n) is 3.92. The van der Waals surface area contributed by atoms with Crippen molar-refractivity contribution in [1.29, 1.82) is 0 Å². The van der Waals surface area contributed by atoms with Crippen molar-refractivity contribution in [3.63, 3.8) is 0 Å². The first-order valence-electron chi connectivity index (χ1n) is 7.52. The third kappa shape index (κ3) is 3.17. The Hall–Kier alpha value is -2.47. The van der Waals surface area contributed by atoms with Crippen molar-refractivity contribution in [1.82, 2.24) is 10.3 Å². The molecule has 5 nitrogen and oxygen atoms in total. The molecule has 1 aromatic heterocycles. The first kappa shape index (κ1) is 15.4. The maximum Gasteiger partial charge on any atom is 0.255 e. The molecule has 0 saturated carbocycles. The van der Waals surface area contributed by atoms with Crippen molar-refractivity contribution >= 4 is 17.4 Å². The van der Waals surface area contributed by atoms with Crippen LogP contribution in [0.4, 0.5) is 15.9 Å². The molecule has 2 aromatic rings. The Bertz CT molecular complexity index is 745. The van der Waals surface area contributed by atoms with Crippen LogP contribution in [-0.2, 0) is 13.0 Å². The van der Waals surface area contributed by atoms with Gasteiger partial charge in [-0.25, -0.2) is 9.37 Å². The standard InChI is InChI=1S/C17H19FN4O/c1-22(2)15-9-11(5-8-20-15)17(23)21-14-4-3-12-10-19-7-6-13(12)16(14)18/h3-5,8-9,19H,6-7,10H2,1-2H3,(H,21,23). The van der Waals surface area contributed by atoms with Crippen LogP contribution in [0.3, 0.4) is 0 Å². The zero-order valence-corrected chi connectivity index (χ0v) is 13.2. The van der Waals surface area contributed by atoms with Crippen molar-refractivity contribution in [2.45, 2.75) is 13.0 Å². The molecule has 1 amide bonds. The largest absolute Gasteiger partial charge is 0.363 e. The smallest absolute Gasteiger partial charge is 0.255 e. The zero-order valence-electron chi connectivity index (χ0n) is 13.2. The molecule has 0 unspecified atom stereocenters. The maximum absolute atomic E-state index is 14.6. The number of hydrogen-bond acceptors (Lipinski definition) is 4. The van der Waals surface area contributed by atoms with Crippen LogP contribution in [0.5, 0.6) is 0 Å². The molecule has 0 aliphatic carbocycles. The van der Waals surface area contributed by atoms with Crippen molar-refractivity contribution in [2.75, 3.05) is 30.9 Å². The average Bonchev–Trinajstić information content (AvgIpc) is 2.57. The second-order valence-corrected chi connectivity index (χ2v) is 5.74. The molecule has 3 rings (SSSR count). The van der Waals surface area contributed by atoms with Gasteiger partial charge >= 0.3 is 0 Å². The molecular formula is C17H19FN4O. The van der Waals surface area contributed by atoms with Gasteiger partial charge < -0.3 is 15.5 Å². The van der Waals surface area contributed by atoms with Crippen molar-refractivity contribution in [2.24, 2.45) is 0 Å². The summed E-state index contributed by atoms with van der Waals surface area (Å²) in [5.74, 6) is -0.00263. The van der Waals surface area contributed by atoms with E-state index in [0.29, 0.717) is 29.9 Å². The normalized spacial score (nSPS) is 13.3. The number of nitrogens with zero attached hydrogens (tertiary/aromatic N) is 2. The van der Waals surface area contributed by atoms with Gasteiger partial charge in [-0.15, -0.1) is 0 Å². The quantitative estimate of drug-likeness (QED) is 0.912. The third-order valence-corrected chi connectivity index (χ3v) is 3.92. The lowest BCUT2D eigenvalue weighted by Crippen LogP contribution is -2.25. The van der Waals surface area contributed by atoms with Gasteiger partial charge in [0, 0.05) is 32.4 Å². The van der Waals surface area contributed by atoms with E-state index in [1.807, 2.05) is 25.1 Å². The average molecular weight is 314 g/mol. The summed E-state index contributed by atoms with van der Waals surface area (Å²) in [6.07, 6.45) is 2.20. The number of benzene rings is 1. The lowest BCUT2D eigenvalue weighted by molar-refractivity contribution is 0.102. The van der Waals surface area contributed by atoms with Crippen LogP contribution in [0.1, 0.15) is 21.5 Å². The minimum Gasteiger partial charge on any atom is -0.363 e. The molecule has 23 heavy (non-hydrogen) atoms. The number of rotatable bonds is 3. The van der Waals surface area contributed by atoms with Crippen LogP contribution in [0.25, 0.3) is 0 Å². The van der Waals surface area contributed by atoms with Crippen LogP contribution in [0.2, 0.25) is 0 Å². The fourth-order valence-corrected chi connectivity index (χ4v) is 2.63. The van der Waals surface area contributed by atoms with Gasteiger partial charge in [-0.3, -0.25) is 4.79 Å². The number of nitrogens with one attached hydrogen (secondary N) is 2. The SMILES string of the molecule is CN(C)c1cc(C(=O)Nc2ccc3c(c2F)CCNC3)ccn1. The molecule has 1 aliphatic rings. The number of pyridine rings is 1. The summed E-state index contributed by atoms with van der Waals surface area (Å²) in [7, 11) is 3.70. The minimum absolute atomic E-state index is 0.221. The molecule has 2 heterocycles. The highest BCUT2D eigenvalue weighted by molar-refractivity contribution is 6.04. The van der Waals surface area contributed by atoms with E-state index in [1.54, 1.807) is 24.4 Å². The highest BCUT2D eigenvalue weighted by Gasteiger charge is 2.18. The number of fused-ring (bicyclic) bond motifs is 1. The molecule has 6 heteroatoms. The number of amides is 1. The molecule has 2 N–H and O–H groups in total. The van der Waals surface area contributed by atoms with Crippen LogP contribution >= 0.6 is 0 Å². The Labute approximate surface area is 134 Å². The number of halogens is 1. The number of anilines is 2. The first-order valence-corrected chi connectivity index (χ1v) is 7.52. The van der Waals surface area contributed by atoms with E-state index >= 15 is 0 Å². The maximum atomic E-state index is 14.6. The molecule has 0 atom stereocenters. The van der Waals surface area contributed by atoms with Crippen LogP contribution < -0.4 is 15.5 Å². The second-order valence-electron chi connectivity index (χ2n) is 5.74. The second kappa shape index (κ2) is 6.34. The van der Waals surface area contributed by atoms with Crippen molar-refractivity contribution < 1.29 is 9.18 Å². The summed E-state index contributed by atoms with van der Waals surface area (Å²) in [6.45, 7) is 1.41. The van der Waals surface area contributed by atoms with Gasteiger partial charge in [-0.05, 0) is 42.3 Å². The van der Waals surface area contributed by atoms with E-state index in [4.69, 9.17) is 0 Å². The Morgan fingerprint density at radius 1 is 1.35 bits per heavy atom. The lowest BCUT2D eigenvalue weighted by Gasteiger charge is -2.19. The first-order chi connectivity index (χ1) is 11.1. The highest BCUT2D eigenvalue weighted by atomic mass is 19.1. The molecular weight excluding hydrogens is 295 g/mol. The number of aromatic nitrogens is 1. The Kier molecular flexibility index (Phi) is 4.25. The molecule has 0 saturated heterocycles. The minimum atomic E-state index is -0.344. The number of carbonyl (C=O) groups is 1. The lowest BCUT2D eigenvalue weighted by atomic mass is 9.99. The fourth-order valence-electron chi connectivity index (χ4n) is 2.63. The van der Waals surface area contributed by atoms with Gasteiger partial charge in [0.2, 0.25) is 0 Å². The van der Waals surface area contributed by atoms with Gasteiger partial charge in [0.25, 0.3) is 5.91 Å². The van der Waals surface area contributed by atoms with E-state index in [1.165, 1.54) is 0 Å². The number of carbonyl (C=O) groups excluding carboxylic acids is 1. The van der Waals surface area contributed by atoms with E-state index in [9.17, 15) is 9.18 Å². The molecule has 1 aliphatic heterocycles. The predicted octanol–water partition coefficient (Wildman–Crippen LogP) is 2.18. The summed E-state index contributed by atoms with van der Waals surface area (Å²) in [4.78, 5) is 18.4. The highest BCUT2D eigenvalue weighted by Crippen LogP contribution is 2.25. The fraction of sp³-hybridized carbons (Fsp3) is 0.294. The Morgan fingerprint density at radius 3 is 2.96 bits per heavy atom. The van der Waals surface area contributed by atoms with E-state index in [-0.39, 0.29) is 17.4 Å². The van der Waals surface area contributed by atoms with Gasteiger partial charge in [0.15, 0.2) is 0 Å². The topological polar surface area (TPSA) is 57.3 Å². The van der Waals surface area contributed by atoms with Gasteiger partial charge in [0.1, 0.15) is 11.6 Å². The molecule has 1 aromatic carbocycles. The monoisotopic (exact) mass is 314 g/mol. The van der Waals surface area contributed by atoms with Crippen molar-refractivity contribution in [3.8, 4) is 0 Å². The molecule has 0 spiro atoms. The molecule has 0 radical (unpaired) electrons. The van der Waals surface area contributed by atoms with Crippen LogP contribution in [0, 0.1) is 5.82 Å². The van der Waals surface area contributed by atoms with Gasteiger partial charge in [-0.1, -0.05) is 6.07 Å². The zero-order chi connectivity index (χ0) is 16.4. The predicted molar refractivity (Wildman–Crippen MR) is 88.3 cm³/mol.